The van der Waals surface area contributed by atoms with E-state index in [4.69, 9.17) is 0 Å². The molecule has 1 aromatic heterocycles. The van der Waals surface area contributed by atoms with Gasteiger partial charge in [0.2, 0.25) is 5.91 Å². The third-order valence-electron chi connectivity index (χ3n) is 4.60. The molecule has 0 bridgehead atoms. The number of hydrogen-bond donors (Lipinski definition) is 0. The molecule has 26 heavy (non-hydrogen) atoms. The highest BCUT2D eigenvalue weighted by atomic mass is 16.2. The summed E-state index contributed by atoms with van der Waals surface area (Å²) in [6, 6.07) is 9.36. The summed E-state index contributed by atoms with van der Waals surface area (Å²) in [5.74, 6) is 0.463. The van der Waals surface area contributed by atoms with E-state index >= 15 is 0 Å². The van der Waals surface area contributed by atoms with Crippen molar-refractivity contribution >= 4 is 17.5 Å². The highest BCUT2D eigenvalue weighted by Gasteiger charge is 2.34. The predicted molar refractivity (Wildman–Crippen MR) is 100 cm³/mol. The van der Waals surface area contributed by atoms with E-state index in [0.29, 0.717) is 18.1 Å². The first-order valence-corrected chi connectivity index (χ1v) is 8.87. The molecule has 1 saturated heterocycles. The SMILES string of the molecule is Cc1ccc(N2CC(C)N(C(=O)c3ccnc(C(C)C)n3)CC2=O)cc1. The van der Waals surface area contributed by atoms with Gasteiger partial charge in [-0.3, -0.25) is 9.59 Å². The van der Waals surface area contributed by atoms with Crippen LogP contribution in [0, 0.1) is 6.92 Å². The van der Waals surface area contributed by atoms with Crippen LogP contribution in [0.2, 0.25) is 0 Å². The summed E-state index contributed by atoms with van der Waals surface area (Å²) in [4.78, 5) is 37.4. The molecule has 0 radical (unpaired) electrons. The van der Waals surface area contributed by atoms with Gasteiger partial charge >= 0.3 is 0 Å². The largest absolute Gasteiger partial charge is 0.323 e. The molecule has 1 fully saturated rings. The Labute approximate surface area is 153 Å². The van der Waals surface area contributed by atoms with Crippen LogP contribution in [0.15, 0.2) is 36.5 Å². The minimum absolute atomic E-state index is 0.0505. The predicted octanol–water partition coefficient (Wildman–Crippen LogP) is 2.79. The van der Waals surface area contributed by atoms with E-state index in [1.807, 2.05) is 52.0 Å². The molecule has 136 valence electrons. The molecule has 0 aliphatic carbocycles. The number of carbonyl (C=O) groups is 2. The van der Waals surface area contributed by atoms with Crippen LogP contribution in [0.4, 0.5) is 5.69 Å². The molecular formula is C20H24N4O2. The van der Waals surface area contributed by atoms with Gasteiger partial charge in [-0.05, 0) is 32.0 Å². The smallest absolute Gasteiger partial charge is 0.273 e. The lowest BCUT2D eigenvalue weighted by Gasteiger charge is -2.39. The van der Waals surface area contributed by atoms with Gasteiger partial charge in [0.15, 0.2) is 0 Å². The molecule has 1 aliphatic rings. The van der Waals surface area contributed by atoms with E-state index in [0.717, 1.165) is 11.3 Å². The molecule has 1 aliphatic heterocycles. The molecule has 0 spiro atoms. The first-order chi connectivity index (χ1) is 12.4. The van der Waals surface area contributed by atoms with Crippen LogP contribution >= 0.6 is 0 Å². The normalized spacial score (nSPS) is 17.7. The lowest BCUT2D eigenvalue weighted by Crippen LogP contribution is -2.57. The molecule has 1 unspecified atom stereocenters. The van der Waals surface area contributed by atoms with Crippen molar-refractivity contribution in [2.45, 2.75) is 39.7 Å². The van der Waals surface area contributed by atoms with Gasteiger partial charge in [-0.1, -0.05) is 31.5 Å². The average Bonchev–Trinajstić information content (AvgIpc) is 2.63. The molecule has 2 aromatic rings. The van der Waals surface area contributed by atoms with E-state index < -0.39 is 0 Å². The Morgan fingerprint density at radius 3 is 2.54 bits per heavy atom. The van der Waals surface area contributed by atoms with Crippen LogP contribution in [0.1, 0.15) is 48.6 Å². The molecule has 0 N–H and O–H groups in total. The number of nitrogens with zero attached hydrogens (tertiary/aromatic N) is 4. The minimum Gasteiger partial charge on any atom is -0.323 e. The third kappa shape index (κ3) is 3.59. The van der Waals surface area contributed by atoms with Gasteiger partial charge in [0.25, 0.3) is 5.91 Å². The highest BCUT2D eigenvalue weighted by molar-refractivity contribution is 6.01. The van der Waals surface area contributed by atoms with Crippen LogP contribution < -0.4 is 4.90 Å². The molecular weight excluding hydrogens is 328 g/mol. The molecule has 3 rings (SSSR count). The Morgan fingerprint density at radius 2 is 1.88 bits per heavy atom. The maximum Gasteiger partial charge on any atom is 0.273 e. The van der Waals surface area contributed by atoms with Crippen LogP contribution in [-0.4, -0.2) is 45.8 Å². The second-order valence-electron chi connectivity index (χ2n) is 7.08. The minimum atomic E-state index is -0.223. The Hall–Kier alpha value is -2.76. The van der Waals surface area contributed by atoms with Gasteiger partial charge in [-0.15, -0.1) is 0 Å². The van der Waals surface area contributed by atoms with Crippen molar-refractivity contribution in [2.75, 3.05) is 18.0 Å². The Balaban J connectivity index is 1.79. The number of anilines is 1. The second kappa shape index (κ2) is 7.23. The number of benzene rings is 1. The molecule has 6 nitrogen and oxygen atoms in total. The number of rotatable bonds is 3. The fourth-order valence-corrected chi connectivity index (χ4v) is 3.02. The summed E-state index contributed by atoms with van der Waals surface area (Å²) in [5.41, 5.74) is 2.35. The summed E-state index contributed by atoms with van der Waals surface area (Å²) < 4.78 is 0. The summed E-state index contributed by atoms with van der Waals surface area (Å²) in [6.45, 7) is 8.45. The number of piperazine rings is 1. The third-order valence-corrected chi connectivity index (χ3v) is 4.60. The first kappa shape index (κ1) is 18.0. The van der Waals surface area contributed by atoms with Gasteiger partial charge in [-0.2, -0.15) is 0 Å². The van der Waals surface area contributed by atoms with Gasteiger partial charge in [-0.25, -0.2) is 9.97 Å². The van der Waals surface area contributed by atoms with Gasteiger partial charge in [0.05, 0.1) is 0 Å². The Bertz CT molecular complexity index is 817. The Kier molecular flexibility index (Phi) is 5.02. The maximum atomic E-state index is 12.9. The number of aryl methyl sites for hydroxylation is 1. The monoisotopic (exact) mass is 352 g/mol. The fraction of sp³-hybridized carbons (Fsp3) is 0.400. The number of aromatic nitrogens is 2. The summed E-state index contributed by atoms with van der Waals surface area (Å²) in [6.07, 6.45) is 1.60. The van der Waals surface area contributed by atoms with Crippen molar-refractivity contribution < 1.29 is 9.59 Å². The first-order valence-electron chi connectivity index (χ1n) is 8.87. The van der Waals surface area contributed by atoms with Crippen molar-refractivity contribution in [1.29, 1.82) is 0 Å². The van der Waals surface area contributed by atoms with Crippen molar-refractivity contribution in [3.8, 4) is 0 Å². The van der Waals surface area contributed by atoms with Crippen LogP contribution in [0.25, 0.3) is 0 Å². The molecule has 2 heterocycles. The van der Waals surface area contributed by atoms with E-state index in [1.54, 1.807) is 22.1 Å². The maximum absolute atomic E-state index is 12.9. The Morgan fingerprint density at radius 1 is 1.19 bits per heavy atom. The van der Waals surface area contributed by atoms with Crippen LogP contribution in [0.3, 0.4) is 0 Å². The van der Waals surface area contributed by atoms with Crippen LogP contribution in [0.5, 0.6) is 0 Å². The van der Waals surface area contributed by atoms with Crippen LogP contribution in [-0.2, 0) is 4.79 Å². The molecule has 0 saturated carbocycles. The van der Waals surface area contributed by atoms with E-state index in [-0.39, 0.29) is 30.3 Å². The topological polar surface area (TPSA) is 66.4 Å². The second-order valence-corrected chi connectivity index (χ2v) is 7.08. The zero-order valence-corrected chi connectivity index (χ0v) is 15.6. The van der Waals surface area contributed by atoms with Gasteiger partial charge in [0, 0.05) is 30.4 Å². The number of amides is 2. The average molecular weight is 352 g/mol. The summed E-state index contributed by atoms with van der Waals surface area (Å²) >= 11 is 0. The van der Waals surface area contributed by atoms with Crippen molar-refractivity contribution in [3.05, 3.63) is 53.6 Å². The molecule has 2 amide bonds. The lowest BCUT2D eigenvalue weighted by molar-refractivity contribution is -0.121. The molecule has 1 aromatic carbocycles. The van der Waals surface area contributed by atoms with Crippen molar-refractivity contribution in [3.63, 3.8) is 0 Å². The lowest BCUT2D eigenvalue weighted by atomic mass is 10.1. The van der Waals surface area contributed by atoms with E-state index in [9.17, 15) is 9.59 Å². The van der Waals surface area contributed by atoms with E-state index in [2.05, 4.69) is 9.97 Å². The number of hydrogen-bond acceptors (Lipinski definition) is 4. The zero-order chi connectivity index (χ0) is 18.8. The van der Waals surface area contributed by atoms with Gasteiger partial charge in [0.1, 0.15) is 18.1 Å². The van der Waals surface area contributed by atoms with Crippen molar-refractivity contribution in [2.24, 2.45) is 0 Å². The molecule has 1 atom stereocenters. The molecule has 6 heteroatoms. The number of carbonyl (C=O) groups excluding carboxylic acids is 2. The van der Waals surface area contributed by atoms with Crippen molar-refractivity contribution in [1.82, 2.24) is 14.9 Å². The zero-order valence-electron chi connectivity index (χ0n) is 15.6. The van der Waals surface area contributed by atoms with E-state index in [1.165, 1.54) is 0 Å². The summed E-state index contributed by atoms with van der Waals surface area (Å²) in [7, 11) is 0. The fourth-order valence-electron chi connectivity index (χ4n) is 3.02. The summed E-state index contributed by atoms with van der Waals surface area (Å²) in [5, 5.41) is 0. The highest BCUT2D eigenvalue weighted by Crippen LogP contribution is 2.22. The standard InChI is InChI=1S/C20H24N4O2/c1-13(2)19-21-10-9-17(22-19)20(26)23-12-18(25)24(11-15(23)4)16-7-5-14(3)6-8-16/h5-10,13,15H,11-12H2,1-4H3. The quantitative estimate of drug-likeness (QED) is 0.852. The van der Waals surface area contributed by atoms with Gasteiger partial charge < -0.3 is 9.80 Å².